The summed E-state index contributed by atoms with van der Waals surface area (Å²) in [6.45, 7) is 1.63. The van der Waals surface area contributed by atoms with E-state index < -0.39 is 10.0 Å². The first-order chi connectivity index (χ1) is 10.9. The van der Waals surface area contributed by atoms with E-state index in [2.05, 4.69) is 6.07 Å². The minimum absolute atomic E-state index is 0.0398. The van der Waals surface area contributed by atoms with Crippen molar-refractivity contribution in [1.82, 2.24) is 4.90 Å². The maximum Gasteiger partial charge on any atom is 0.253 e. The molecule has 1 fully saturated rings. The van der Waals surface area contributed by atoms with Gasteiger partial charge in [0.05, 0.1) is 18.0 Å². The Balaban J connectivity index is 1.78. The Hall–Kier alpha value is -2.07. The summed E-state index contributed by atoms with van der Waals surface area (Å²) in [6.07, 6.45) is 3.25. The van der Waals surface area contributed by atoms with Crippen molar-refractivity contribution < 1.29 is 13.2 Å². The first-order valence-corrected chi connectivity index (χ1v) is 9.54. The lowest BCUT2D eigenvalue weighted by molar-refractivity contribution is 0.0707. The zero-order valence-electron chi connectivity index (χ0n) is 13.0. The van der Waals surface area contributed by atoms with Crippen molar-refractivity contribution in [1.29, 1.82) is 5.26 Å². The van der Waals surface area contributed by atoms with Crippen molar-refractivity contribution in [2.24, 2.45) is 5.92 Å². The lowest BCUT2D eigenvalue weighted by Crippen LogP contribution is -2.38. The van der Waals surface area contributed by atoms with Crippen molar-refractivity contribution >= 4 is 21.6 Å². The smallest absolute Gasteiger partial charge is 0.253 e. The van der Waals surface area contributed by atoms with E-state index >= 15 is 0 Å². The van der Waals surface area contributed by atoms with Gasteiger partial charge in [0, 0.05) is 31.1 Å². The predicted octanol–water partition coefficient (Wildman–Crippen LogP) is 1.38. The summed E-state index contributed by atoms with van der Waals surface area (Å²) in [7, 11) is -3.27. The normalized spacial score (nSPS) is 18.6. The van der Waals surface area contributed by atoms with E-state index in [1.807, 2.05) is 0 Å². The number of benzene rings is 1. The molecule has 122 valence electrons. The minimum atomic E-state index is -3.27. The number of amides is 1. The lowest BCUT2D eigenvalue weighted by Gasteiger charge is -2.29. The number of sulfonamides is 1. The average Bonchev–Trinajstić information content (AvgIpc) is 2.97. The third-order valence-electron chi connectivity index (χ3n) is 4.54. The van der Waals surface area contributed by atoms with Gasteiger partial charge >= 0.3 is 0 Å². The van der Waals surface area contributed by atoms with Crippen LogP contribution in [0.2, 0.25) is 0 Å². The summed E-state index contributed by atoms with van der Waals surface area (Å²) in [5, 5.41) is 8.92. The summed E-state index contributed by atoms with van der Waals surface area (Å²) < 4.78 is 24.9. The molecule has 1 aromatic carbocycles. The molecule has 3 rings (SSSR count). The largest absolute Gasteiger partial charge is 0.339 e. The molecule has 1 aromatic rings. The Morgan fingerprint density at radius 1 is 1.26 bits per heavy atom. The number of rotatable bonds is 2. The van der Waals surface area contributed by atoms with Crippen molar-refractivity contribution in [3.8, 4) is 6.07 Å². The monoisotopic (exact) mass is 333 g/mol. The first-order valence-electron chi connectivity index (χ1n) is 7.69. The van der Waals surface area contributed by atoms with Gasteiger partial charge in [-0.05, 0) is 43.0 Å². The Kier molecular flexibility index (Phi) is 4.02. The van der Waals surface area contributed by atoms with Gasteiger partial charge in [0.2, 0.25) is 10.0 Å². The van der Waals surface area contributed by atoms with Crippen LogP contribution in [-0.4, -0.2) is 45.1 Å². The van der Waals surface area contributed by atoms with Crippen LogP contribution < -0.4 is 4.31 Å². The molecule has 6 nitrogen and oxygen atoms in total. The quantitative estimate of drug-likeness (QED) is 0.819. The predicted molar refractivity (Wildman–Crippen MR) is 86.6 cm³/mol. The van der Waals surface area contributed by atoms with E-state index in [0.717, 1.165) is 18.4 Å². The molecule has 0 saturated carbocycles. The summed E-state index contributed by atoms with van der Waals surface area (Å²) in [5.74, 6) is 0.00406. The fourth-order valence-electron chi connectivity index (χ4n) is 3.24. The van der Waals surface area contributed by atoms with Gasteiger partial charge in [0.1, 0.15) is 0 Å². The number of hydrogen-bond acceptors (Lipinski definition) is 4. The van der Waals surface area contributed by atoms with Crippen molar-refractivity contribution in [3.63, 3.8) is 0 Å². The molecule has 2 aliphatic rings. The summed E-state index contributed by atoms with van der Waals surface area (Å²) in [6, 6.07) is 7.48. The van der Waals surface area contributed by atoms with Crippen LogP contribution in [0.3, 0.4) is 0 Å². The van der Waals surface area contributed by atoms with Crippen LogP contribution in [0.5, 0.6) is 0 Å². The van der Waals surface area contributed by atoms with Crippen LogP contribution in [-0.2, 0) is 16.4 Å². The lowest BCUT2D eigenvalue weighted by atomic mass is 9.97. The summed E-state index contributed by atoms with van der Waals surface area (Å²) >= 11 is 0. The van der Waals surface area contributed by atoms with Gasteiger partial charge in [-0.2, -0.15) is 5.26 Å². The highest BCUT2D eigenvalue weighted by molar-refractivity contribution is 7.92. The second-order valence-electron chi connectivity index (χ2n) is 6.12. The van der Waals surface area contributed by atoms with Gasteiger partial charge in [-0.15, -0.1) is 0 Å². The molecule has 2 aliphatic heterocycles. The van der Waals surface area contributed by atoms with Crippen LogP contribution in [0, 0.1) is 17.2 Å². The minimum Gasteiger partial charge on any atom is -0.339 e. The second-order valence-corrected chi connectivity index (χ2v) is 8.03. The van der Waals surface area contributed by atoms with Crippen molar-refractivity contribution in [3.05, 3.63) is 29.3 Å². The number of carbonyl (C=O) groups is 1. The molecule has 0 unspecified atom stereocenters. The van der Waals surface area contributed by atoms with Crippen LogP contribution in [0.15, 0.2) is 18.2 Å². The van der Waals surface area contributed by atoms with Gasteiger partial charge < -0.3 is 4.90 Å². The molecular formula is C16H19N3O3S. The zero-order chi connectivity index (χ0) is 16.6. The third-order valence-corrected chi connectivity index (χ3v) is 5.72. The molecule has 23 heavy (non-hydrogen) atoms. The number of anilines is 1. The van der Waals surface area contributed by atoms with E-state index in [0.29, 0.717) is 37.3 Å². The Morgan fingerprint density at radius 2 is 1.96 bits per heavy atom. The Bertz CT molecular complexity index is 774. The summed E-state index contributed by atoms with van der Waals surface area (Å²) in [4.78, 5) is 14.4. The van der Waals surface area contributed by atoms with Crippen molar-refractivity contribution in [2.45, 2.75) is 19.3 Å². The number of nitrogens with zero attached hydrogens (tertiary/aromatic N) is 3. The molecule has 0 N–H and O–H groups in total. The number of fused-ring (bicyclic) bond motifs is 1. The first kappa shape index (κ1) is 15.8. The van der Waals surface area contributed by atoms with Gasteiger partial charge in [-0.1, -0.05) is 0 Å². The number of nitriles is 1. The number of piperidine rings is 1. The highest BCUT2D eigenvalue weighted by Gasteiger charge is 2.28. The molecule has 0 spiro atoms. The van der Waals surface area contributed by atoms with Crippen LogP contribution in [0.1, 0.15) is 28.8 Å². The molecule has 7 heteroatoms. The molecule has 0 aliphatic carbocycles. The van der Waals surface area contributed by atoms with Crippen LogP contribution >= 0.6 is 0 Å². The Labute approximate surface area is 136 Å². The van der Waals surface area contributed by atoms with Gasteiger partial charge in [0.25, 0.3) is 5.91 Å². The molecule has 0 aromatic heterocycles. The zero-order valence-corrected chi connectivity index (χ0v) is 13.8. The molecule has 2 heterocycles. The fraction of sp³-hybridized carbons (Fsp3) is 0.500. The maximum atomic E-state index is 12.6. The van der Waals surface area contributed by atoms with E-state index in [1.54, 1.807) is 23.1 Å². The van der Waals surface area contributed by atoms with Crippen molar-refractivity contribution in [2.75, 3.05) is 30.2 Å². The number of carbonyl (C=O) groups excluding carboxylic acids is 1. The molecular weight excluding hydrogens is 314 g/mol. The fourth-order valence-corrected chi connectivity index (χ4v) is 4.20. The molecule has 0 radical (unpaired) electrons. The van der Waals surface area contributed by atoms with Gasteiger partial charge in [-0.25, -0.2) is 8.42 Å². The molecule has 1 saturated heterocycles. The van der Waals surface area contributed by atoms with E-state index in [9.17, 15) is 13.2 Å². The Morgan fingerprint density at radius 3 is 2.57 bits per heavy atom. The van der Waals surface area contributed by atoms with Crippen LogP contribution in [0.4, 0.5) is 5.69 Å². The topological polar surface area (TPSA) is 81.5 Å². The van der Waals surface area contributed by atoms with Crippen LogP contribution in [0.25, 0.3) is 0 Å². The SMILES string of the molecule is CS(=O)(=O)N1CCc2cc(C(=O)N3CCC(C#N)CC3)ccc21. The second kappa shape index (κ2) is 5.85. The third kappa shape index (κ3) is 3.04. The average molecular weight is 333 g/mol. The molecule has 0 bridgehead atoms. The van der Waals surface area contributed by atoms with Gasteiger partial charge in [0.15, 0.2) is 0 Å². The number of likely N-dealkylation sites (tertiary alicyclic amines) is 1. The maximum absolute atomic E-state index is 12.6. The van der Waals surface area contributed by atoms with E-state index in [4.69, 9.17) is 5.26 Å². The highest BCUT2D eigenvalue weighted by Crippen LogP contribution is 2.31. The molecule has 0 atom stereocenters. The summed E-state index contributed by atoms with van der Waals surface area (Å²) in [5.41, 5.74) is 2.16. The van der Waals surface area contributed by atoms with Gasteiger partial charge in [-0.3, -0.25) is 9.10 Å². The molecule has 1 amide bonds. The standard InChI is InChI=1S/C16H19N3O3S/c1-23(21,22)19-9-6-13-10-14(2-3-15(13)19)16(20)18-7-4-12(11-17)5-8-18/h2-3,10,12H,4-9H2,1H3. The van der Waals surface area contributed by atoms with E-state index in [-0.39, 0.29) is 11.8 Å². The van der Waals surface area contributed by atoms with E-state index in [1.165, 1.54) is 10.6 Å². The number of hydrogen-bond donors (Lipinski definition) is 0. The highest BCUT2D eigenvalue weighted by atomic mass is 32.2.